The van der Waals surface area contributed by atoms with Gasteiger partial charge in [-0.25, -0.2) is 14.4 Å². The summed E-state index contributed by atoms with van der Waals surface area (Å²) in [6, 6.07) is 0. The van der Waals surface area contributed by atoms with E-state index in [4.69, 9.17) is 38.5 Å². The normalized spacial score (nSPS) is 14.5. The minimum Gasteiger partial charge on any atom is -0.422 e. The molecular formula is C23H38O11. The molecule has 0 aromatic heterocycles. The van der Waals surface area contributed by atoms with Crippen LogP contribution in [-0.4, -0.2) is 41.9 Å². The first kappa shape index (κ1) is 31.2. The molecule has 196 valence electrons. The maximum absolute atomic E-state index is 12.1. The maximum Gasteiger partial charge on any atom is 0.514 e. The van der Waals surface area contributed by atoms with Crippen molar-refractivity contribution in [3.63, 3.8) is 0 Å². The van der Waals surface area contributed by atoms with E-state index in [1.54, 1.807) is 55.4 Å². The Morgan fingerprint density at radius 2 is 0.971 bits per heavy atom. The molecular weight excluding hydrogens is 452 g/mol. The Labute approximate surface area is 201 Å². The molecule has 0 spiro atoms. The summed E-state index contributed by atoms with van der Waals surface area (Å²) >= 11 is 0. The topological polar surface area (TPSA) is 125 Å². The highest BCUT2D eigenvalue weighted by Crippen LogP contribution is 2.13. The van der Waals surface area contributed by atoms with Crippen LogP contribution in [0.5, 0.6) is 0 Å². The van der Waals surface area contributed by atoms with E-state index in [0.29, 0.717) is 0 Å². The minimum absolute atomic E-state index is 0.0833. The first-order chi connectivity index (χ1) is 15.6. The summed E-state index contributed by atoms with van der Waals surface area (Å²) in [5.41, 5.74) is -0.972. The van der Waals surface area contributed by atoms with Crippen LogP contribution in [0.25, 0.3) is 0 Å². The van der Waals surface area contributed by atoms with E-state index in [0.717, 1.165) is 12.5 Å². The average Bonchev–Trinajstić information content (AvgIpc) is 2.70. The van der Waals surface area contributed by atoms with Crippen molar-refractivity contribution in [3.8, 4) is 0 Å². The quantitative estimate of drug-likeness (QED) is 0.0916. The molecule has 0 saturated heterocycles. The molecule has 0 aliphatic rings. The molecule has 2 atom stereocenters. The lowest BCUT2D eigenvalue weighted by atomic mass is 10.2. The van der Waals surface area contributed by atoms with Crippen LogP contribution in [0.4, 0.5) is 4.79 Å². The average molecular weight is 491 g/mol. The third kappa shape index (κ3) is 15.1. The van der Waals surface area contributed by atoms with Gasteiger partial charge in [-0.05, 0) is 55.4 Å². The van der Waals surface area contributed by atoms with Crippen molar-refractivity contribution in [2.45, 2.75) is 106 Å². The number of esters is 2. The highest BCUT2D eigenvalue weighted by Gasteiger charge is 2.24. The van der Waals surface area contributed by atoms with Crippen molar-refractivity contribution >= 4 is 18.1 Å². The van der Waals surface area contributed by atoms with Crippen molar-refractivity contribution in [3.05, 3.63) is 23.7 Å². The van der Waals surface area contributed by atoms with Crippen LogP contribution in [0.1, 0.15) is 82.1 Å². The number of rotatable bonds is 12. The van der Waals surface area contributed by atoms with E-state index in [1.807, 2.05) is 0 Å². The van der Waals surface area contributed by atoms with Gasteiger partial charge in [-0.2, -0.15) is 9.78 Å². The summed E-state index contributed by atoms with van der Waals surface area (Å²) in [6.45, 7) is 16.8. The summed E-state index contributed by atoms with van der Waals surface area (Å²) in [4.78, 5) is 56.2. The minimum atomic E-state index is -1.23. The zero-order chi connectivity index (χ0) is 26.5. The van der Waals surface area contributed by atoms with Crippen LogP contribution in [-0.2, 0) is 48.1 Å². The molecule has 2 unspecified atom stereocenters. The second kappa shape index (κ2) is 14.5. The van der Waals surface area contributed by atoms with E-state index in [9.17, 15) is 14.4 Å². The third-order valence-corrected chi connectivity index (χ3v) is 3.29. The van der Waals surface area contributed by atoms with Crippen molar-refractivity contribution in [1.29, 1.82) is 0 Å². The molecule has 34 heavy (non-hydrogen) atoms. The Morgan fingerprint density at radius 1 is 0.647 bits per heavy atom. The zero-order valence-corrected chi connectivity index (χ0v) is 21.7. The van der Waals surface area contributed by atoms with Gasteiger partial charge in [0.05, 0.1) is 11.1 Å². The standard InChI is InChI=1S/C23H38O11/c1-11-17(29-19(24)15(3)13-27-33-22(5,6)7)31-21(26)32-18(12-2)30-20(25)16(4)14-28-34-23(8,9)10/h13-14,17-18H,11-12H2,1-10H3/b15-13+,16-14+. The molecule has 11 heteroatoms. The predicted molar refractivity (Wildman–Crippen MR) is 119 cm³/mol. The number of hydrogen-bond donors (Lipinski definition) is 0. The van der Waals surface area contributed by atoms with Crippen molar-refractivity contribution in [2.75, 3.05) is 0 Å². The molecule has 0 fully saturated rings. The van der Waals surface area contributed by atoms with E-state index in [2.05, 4.69) is 0 Å². The molecule has 0 rings (SSSR count). The van der Waals surface area contributed by atoms with Crippen LogP contribution in [0.2, 0.25) is 0 Å². The molecule has 0 radical (unpaired) electrons. The Kier molecular flexibility index (Phi) is 13.3. The fourth-order valence-electron chi connectivity index (χ4n) is 1.63. The van der Waals surface area contributed by atoms with Crippen LogP contribution in [0, 0.1) is 0 Å². The fraction of sp³-hybridized carbons (Fsp3) is 0.696. The second-order valence-corrected chi connectivity index (χ2v) is 9.16. The lowest BCUT2D eigenvalue weighted by molar-refractivity contribution is -0.311. The maximum atomic E-state index is 12.1. The molecule has 0 saturated carbocycles. The summed E-state index contributed by atoms with van der Waals surface area (Å²) in [5.74, 6) is -1.57. The molecule has 0 N–H and O–H groups in total. The van der Waals surface area contributed by atoms with E-state index in [-0.39, 0.29) is 24.0 Å². The molecule has 0 amide bonds. The monoisotopic (exact) mass is 490 g/mol. The van der Waals surface area contributed by atoms with E-state index in [1.165, 1.54) is 13.8 Å². The van der Waals surface area contributed by atoms with Gasteiger partial charge in [0.1, 0.15) is 23.7 Å². The lowest BCUT2D eigenvalue weighted by Gasteiger charge is -2.20. The summed E-state index contributed by atoms with van der Waals surface area (Å²) in [6.07, 6.45) is -1.18. The van der Waals surface area contributed by atoms with Gasteiger partial charge in [-0.3, -0.25) is 0 Å². The van der Waals surface area contributed by atoms with E-state index < -0.39 is 41.9 Å². The SMILES string of the molecule is CCC(OC(=O)OC(CC)OC(=O)/C(C)=C/OOC(C)(C)C)OC(=O)/C(C)=C/OOC(C)(C)C. The number of carbonyl (C=O) groups excluding carboxylic acids is 3. The zero-order valence-electron chi connectivity index (χ0n) is 21.7. The lowest BCUT2D eigenvalue weighted by Crippen LogP contribution is -2.29. The van der Waals surface area contributed by atoms with Gasteiger partial charge in [0.2, 0.25) is 0 Å². The molecule has 11 nitrogen and oxygen atoms in total. The van der Waals surface area contributed by atoms with Crippen LogP contribution >= 0.6 is 0 Å². The second-order valence-electron chi connectivity index (χ2n) is 9.16. The first-order valence-corrected chi connectivity index (χ1v) is 10.9. The Bertz CT molecular complexity index is 666. The number of hydrogen-bond acceptors (Lipinski definition) is 11. The van der Waals surface area contributed by atoms with Crippen molar-refractivity contribution in [1.82, 2.24) is 0 Å². The molecule has 0 aromatic rings. The Morgan fingerprint density at radius 3 is 1.24 bits per heavy atom. The molecule has 0 aliphatic heterocycles. The first-order valence-electron chi connectivity index (χ1n) is 10.9. The van der Waals surface area contributed by atoms with Crippen molar-refractivity contribution in [2.24, 2.45) is 0 Å². The Balaban J connectivity index is 4.75. The van der Waals surface area contributed by atoms with Crippen LogP contribution in [0.3, 0.4) is 0 Å². The van der Waals surface area contributed by atoms with Gasteiger partial charge >= 0.3 is 18.1 Å². The van der Waals surface area contributed by atoms with Gasteiger partial charge in [0.15, 0.2) is 0 Å². The summed E-state index contributed by atoms with van der Waals surface area (Å²) in [5, 5.41) is 0. The number of ether oxygens (including phenoxy) is 4. The van der Waals surface area contributed by atoms with Crippen LogP contribution < -0.4 is 0 Å². The smallest absolute Gasteiger partial charge is 0.422 e. The predicted octanol–water partition coefficient (Wildman–Crippen LogP) is 5.00. The molecule has 0 aliphatic carbocycles. The van der Waals surface area contributed by atoms with Gasteiger partial charge in [0.25, 0.3) is 12.6 Å². The van der Waals surface area contributed by atoms with E-state index >= 15 is 0 Å². The highest BCUT2D eigenvalue weighted by atomic mass is 17.2. The Hall–Kier alpha value is -2.79. The third-order valence-electron chi connectivity index (χ3n) is 3.29. The largest absolute Gasteiger partial charge is 0.514 e. The molecule has 0 aromatic carbocycles. The molecule has 0 heterocycles. The summed E-state index contributed by atoms with van der Waals surface area (Å²) in [7, 11) is 0. The van der Waals surface area contributed by atoms with Gasteiger partial charge in [0, 0.05) is 12.8 Å². The summed E-state index contributed by atoms with van der Waals surface area (Å²) < 4.78 is 20.2. The molecule has 0 bridgehead atoms. The van der Waals surface area contributed by atoms with Gasteiger partial charge in [-0.1, -0.05) is 13.8 Å². The highest BCUT2D eigenvalue weighted by molar-refractivity contribution is 5.88. The van der Waals surface area contributed by atoms with Crippen LogP contribution in [0.15, 0.2) is 23.7 Å². The van der Waals surface area contributed by atoms with Crippen molar-refractivity contribution < 1.29 is 52.9 Å². The fourth-order valence-corrected chi connectivity index (χ4v) is 1.63. The van der Waals surface area contributed by atoms with Gasteiger partial charge in [-0.15, -0.1) is 0 Å². The number of carbonyl (C=O) groups is 3. The van der Waals surface area contributed by atoms with Gasteiger partial charge < -0.3 is 28.7 Å².